The Morgan fingerprint density at radius 1 is 1.25 bits per heavy atom. The van der Waals surface area contributed by atoms with Gasteiger partial charge < -0.3 is 10.4 Å². The summed E-state index contributed by atoms with van der Waals surface area (Å²) in [5.74, 6) is -2.21. The van der Waals surface area contributed by atoms with Crippen molar-refractivity contribution >= 4 is 27.4 Å². The molecule has 0 unspecified atom stereocenters. The van der Waals surface area contributed by atoms with Gasteiger partial charge in [0.1, 0.15) is 0 Å². The van der Waals surface area contributed by atoms with Crippen LogP contribution in [0, 0.1) is 5.92 Å². The first-order chi connectivity index (χ1) is 11.4. The van der Waals surface area contributed by atoms with Crippen molar-refractivity contribution in [3.05, 3.63) is 42.2 Å². The molecular formula is C15H15N3O5S. The van der Waals surface area contributed by atoms with Crippen molar-refractivity contribution in [1.29, 1.82) is 0 Å². The highest BCUT2D eigenvalue weighted by molar-refractivity contribution is 7.91. The first-order valence-electron chi connectivity index (χ1n) is 7.25. The summed E-state index contributed by atoms with van der Waals surface area (Å²) in [6.07, 6.45) is 1.79. The molecule has 1 aromatic carbocycles. The molecule has 9 heteroatoms. The molecule has 8 nitrogen and oxygen atoms in total. The molecule has 24 heavy (non-hydrogen) atoms. The third kappa shape index (κ3) is 3.30. The molecule has 1 amide bonds. The first-order valence-corrected chi connectivity index (χ1v) is 9.07. The van der Waals surface area contributed by atoms with E-state index in [1.165, 1.54) is 16.9 Å². The first kappa shape index (κ1) is 16.2. The maximum Gasteiger partial charge on any atom is 0.356 e. The summed E-state index contributed by atoms with van der Waals surface area (Å²) in [6.45, 7) is 0. The van der Waals surface area contributed by atoms with Gasteiger partial charge >= 0.3 is 5.97 Å². The molecular weight excluding hydrogens is 334 g/mol. The van der Waals surface area contributed by atoms with Crippen LogP contribution < -0.4 is 5.32 Å². The highest BCUT2D eigenvalue weighted by Gasteiger charge is 2.33. The summed E-state index contributed by atoms with van der Waals surface area (Å²) in [5.41, 5.74) is 0.823. The largest absolute Gasteiger partial charge is 0.476 e. The second-order valence-electron chi connectivity index (χ2n) is 5.56. The summed E-state index contributed by atoms with van der Waals surface area (Å²) < 4.78 is 24.4. The fourth-order valence-corrected chi connectivity index (χ4v) is 4.33. The van der Waals surface area contributed by atoms with Crippen LogP contribution >= 0.6 is 0 Å². The number of para-hydroxylation sites is 2. The molecule has 2 N–H and O–H groups in total. The average Bonchev–Trinajstić information content (AvgIpc) is 3.14. The number of hydrogen-bond donors (Lipinski definition) is 2. The third-order valence-electron chi connectivity index (χ3n) is 3.82. The molecule has 1 atom stereocenters. The Bertz CT molecular complexity index is 903. The van der Waals surface area contributed by atoms with Gasteiger partial charge in [0.25, 0.3) is 0 Å². The third-order valence-corrected chi connectivity index (χ3v) is 5.59. The molecule has 0 radical (unpaired) electrons. The minimum Gasteiger partial charge on any atom is -0.476 e. The Labute approximate surface area is 138 Å². The second-order valence-corrected chi connectivity index (χ2v) is 7.79. The number of amides is 1. The van der Waals surface area contributed by atoms with Gasteiger partial charge in [0.15, 0.2) is 15.5 Å². The zero-order valence-electron chi connectivity index (χ0n) is 12.5. The Balaban J connectivity index is 1.84. The van der Waals surface area contributed by atoms with Crippen molar-refractivity contribution in [1.82, 2.24) is 9.78 Å². The molecule has 0 saturated carbocycles. The fraction of sp³-hybridized carbons (Fsp3) is 0.267. The van der Waals surface area contributed by atoms with Gasteiger partial charge in [-0.2, -0.15) is 5.10 Å². The van der Waals surface area contributed by atoms with Crippen LogP contribution in [0.3, 0.4) is 0 Å². The highest BCUT2D eigenvalue weighted by Crippen LogP contribution is 2.24. The van der Waals surface area contributed by atoms with Gasteiger partial charge in [0, 0.05) is 6.20 Å². The lowest BCUT2D eigenvalue weighted by atomic mass is 10.1. The van der Waals surface area contributed by atoms with Crippen molar-refractivity contribution in [3.8, 4) is 5.69 Å². The lowest BCUT2D eigenvalue weighted by molar-refractivity contribution is -0.119. The van der Waals surface area contributed by atoms with E-state index in [2.05, 4.69) is 10.4 Å². The number of carbonyl (C=O) groups excluding carboxylic acids is 1. The second kappa shape index (κ2) is 6.08. The predicted molar refractivity (Wildman–Crippen MR) is 85.9 cm³/mol. The number of sulfone groups is 1. The van der Waals surface area contributed by atoms with Crippen LogP contribution in [0.5, 0.6) is 0 Å². The Morgan fingerprint density at radius 3 is 2.62 bits per heavy atom. The summed E-state index contributed by atoms with van der Waals surface area (Å²) in [7, 11) is -3.14. The van der Waals surface area contributed by atoms with Crippen molar-refractivity contribution in [2.75, 3.05) is 16.8 Å². The summed E-state index contributed by atoms with van der Waals surface area (Å²) in [4.78, 5) is 23.2. The van der Waals surface area contributed by atoms with Crippen LogP contribution in [0.4, 0.5) is 5.69 Å². The molecule has 1 aromatic heterocycles. The van der Waals surface area contributed by atoms with Crippen molar-refractivity contribution in [2.24, 2.45) is 5.92 Å². The zero-order valence-corrected chi connectivity index (χ0v) is 13.4. The number of hydrogen-bond acceptors (Lipinski definition) is 5. The van der Waals surface area contributed by atoms with E-state index in [0.29, 0.717) is 17.8 Å². The van der Waals surface area contributed by atoms with Crippen molar-refractivity contribution in [2.45, 2.75) is 6.42 Å². The topological polar surface area (TPSA) is 118 Å². The minimum atomic E-state index is -3.14. The number of rotatable bonds is 4. The number of carboxylic acids is 1. The van der Waals surface area contributed by atoms with Gasteiger partial charge in [-0.1, -0.05) is 12.1 Å². The fourth-order valence-electron chi connectivity index (χ4n) is 2.59. The van der Waals surface area contributed by atoms with E-state index < -0.39 is 21.7 Å². The van der Waals surface area contributed by atoms with Crippen molar-refractivity contribution < 1.29 is 23.1 Å². The summed E-state index contributed by atoms with van der Waals surface area (Å²) in [6, 6.07) is 8.13. The van der Waals surface area contributed by atoms with Gasteiger partial charge in [-0.25, -0.2) is 17.9 Å². The number of carboxylic acid groups (broad SMARTS) is 1. The molecule has 0 bridgehead atoms. The average molecular weight is 349 g/mol. The van der Waals surface area contributed by atoms with E-state index in [4.69, 9.17) is 5.11 Å². The normalized spacial score (nSPS) is 19.1. The lowest BCUT2D eigenvalue weighted by Gasteiger charge is -2.13. The number of benzene rings is 1. The maximum absolute atomic E-state index is 12.3. The van der Waals surface area contributed by atoms with E-state index in [-0.39, 0.29) is 23.1 Å². The molecule has 1 fully saturated rings. The van der Waals surface area contributed by atoms with Crippen LogP contribution in [0.1, 0.15) is 16.9 Å². The Hall–Kier alpha value is -2.68. The van der Waals surface area contributed by atoms with E-state index in [9.17, 15) is 18.0 Å². The quantitative estimate of drug-likeness (QED) is 0.848. The van der Waals surface area contributed by atoms with Crippen LogP contribution in [0.15, 0.2) is 36.5 Å². The number of anilines is 1. The summed E-state index contributed by atoms with van der Waals surface area (Å²) >= 11 is 0. The maximum atomic E-state index is 12.3. The summed E-state index contributed by atoms with van der Waals surface area (Å²) in [5, 5.41) is 15.6. The number of aromatic nitrogens is 2. The monoisotopic (exact) mass is 349 g/mol. The van der Waals surface area contributed by atoms with Gasteiger partial charge in [0.05, 0.1) is 28.8 Å². The van der Waals surface area contributed by atoms with Crippen LogP contribution in [-0.4, -0.2) is 46.7 Å². The van der Waals surface area contributed by atoms with Crippen LogP contribution in [0.2, 0.25) is 0 Å². The van der Waals surface area contributed by atoms with E-state index in [0.717, 1.165) is 0 Å². The highest BCUT2D eigenvalue weighted by atomic mass is 32.2. The number of nitrogens with zero attached hydrogens (tertiary/aromatic N) is 2. The van der Waals surface area contributed by atoms with E-state index in [1.807, 2.05) is 0 Å². The molecule has 1 saturated heterocycles. The van der Waals surface area contributed by atoms with Gasteiger partial charge in [-0.05, 0) is 24.6 Å². The molecule has 0 aliphatic carbocycles. The van der Waals surface area contributed by atoms with Crippen LogP contribution in [0.25, 0.3) is 5.69 Å². The lowest BCUT2D eigenvalue weighted by Crippen LogP contribution is -2.24. The zero-order chi connectivity index (χ0) is 17.3. The predicted octanol–water partition coefficient (Wildman–Crippen LogP) is 0.944. The molecule has 2 aromatic rings. The SMILES string of the molecule is O=C(O)c1ccn(-c2ccccc2NC(=O)[C@@H]2CCS(=O)(=O)C2)n1. The molecule has 1 aliphatic heterocycles. The number of carbonyl (C=O) groups is 2. The smallest absolute Gasteiger partial charge is 0.356 e. The van der Waals surface area contributed by atoms with E-state index >= 15 is 0 Å². The van der Waals surface area contributed by atoms with Gasteiger partial charge in [-0.15, -0.1) is 0 Å². The Morgan fingerprint density at radius 2 is 2.00 bits per heavy atom. The van der Waals surface area contributed by atoms with Crippen LogP contribution in [-0.2, 0) is 14.6 Å². The molecule has 126 valence electrons. The molecule has 3 rings (SSSR count). The van der Waals surface area contributed by atoms with Gasteiger partial charge in [0.2, 0.25) is 5.91 Å². The van der Waals surface area contributed by atoms with Crippen molar-refractivity contribution in [3.63, 3.8) is 0 Å². The molecule has 0 spiro atoms. The number of aromatic carboxylic acids is 1. The molecule has 2 heterocycles. The van der Waals surface area contributed by atoms with Gasteiger partial charge in [-0.3, -0.25) is 4.79 Å². The minimum absolute atomic E-state index is 0.0217. The number of nitrogens with one attached hydrogen (secondary N) is 1. The standard InChI is InChI=1S/C15H15N3O5S/c19-14(10-6-8-24(22,23)9-10)16-11-3-1-2-4-13(11)18-7-5-12(17-18)15(20)21/h1-5,7,10H,6,8-9H2,(H,16,19)(H,20,21)/t10-/m1/s1. The molecule has 1 aliphatic rings. The Kier molecular flexibility index (Phi) is 4.10. The van der Waals surface area contributed by atoms with E-state index in [1.54, 1.807) is 24.3 Å².